The molecule has 0 aliphatic carbocycles. The lowest BCUT2D eigenvalue weighted by Gasteiger charge is -2.20. The molecular weight excluding hydrogens is 268 g/mol. The lowest BCUT2D eigenvalue weighted by molar-refractivity contribution is 0.174. The van der Waals surface area contributed by atoms with Crippen LogP contribution < -0.4 is 0 Å². The molecule has 0 aromatic carbocycles. The first kappa shape index (κ1) is 14.5. The number of aliphatic hydroxyl groups is 1. The van der Waals surface area contributed by atoms with Crippen LogP contribution >= 0.6 is 15.6 Å². The van der Waals surface area contributed by atoms with Gasteiger partial charge < -0.3 is 19.8 Å². The van der Waals surface area contributed by atoms with Crippen LogP contribution in [0.15, 0.2) is 24.4 Å². The Hall–Kier alpha value is -0.550. The van der Waals surface area contributed by atoms with Crippen LogP contribution in [0.1, 0.15) is 5.69 Å². The van der Waals surface area contributed by atoms with E-state index in [9.17, 15) is 14.2 Å². The van der Waals surface area contributed by atoms with E-state index in [0.717, 1.165) is 0 Å². The fourth-order valence-electron chi connectivity index (χ4n) is 1.38. The average molecular weight is 281 g/mol. The van der Waals surface area contributed by atoms with Crippen LogP contribution in [0.2, 0.25) is 0 Å². The van der Waals surface area contributed by atoms with Gasteiger partial charge in [0.2, 0.25) is 8.03 Å². The lowest BCUT2D eigenvalue weighted by atomic mass is 10.2. The minimum absolute atomic E-state index is 0.187. The summed E-state index contributed by atoms with van der Waals surface area (Å²) in [6, 6.07) is 4.84. The Morgan fingerprint density at radius 1 is 1.41 bits per heavy atom. The molecule has 1 rings (SSSR count). The molecule has 4 N–H and O–H groups in total. The average Bonchev–Trinajstić information content (AvgIpc) is 2.15. The van der Waals surface area contributed by atoms with E-state index in [2.05, 4.69) is 4.98 Å². The summed E-state index contributed by atoms with van der Waals surface area (Å²) in [6.45, 7) is 0. The highest BCUT2D eigenvalue weighted by atomic mass is 31.2. The summed E-state index contributed by atoms with van der Waals surface area (Å²) < 4.78 is 21.9. The number of hydrogen-bond donors (Lipinski definition) is 4. The van der Waals surface area contributed by atoms with Gasteiger partial charge in [-0.15, -0.1) is 0 Å². The Morgan fingerprint density at radius 2 is 2.06 bits per heavy atom. The molecule has 96 valence electrons. The van der Waals surface area contributed by atoms with Crippen molar-refractivity contribution < 1.29 is 28.9 Å². The summed E-state index contributed by atoms with van der Waals surface area (Å²) in [5, 5.41) is 7.65. The van der Waals surface area contributed by atoms with Crippen LogP contribution in [-0.4, -0.2) is 36.3 Å². The van der Waals surface area contributed by atoms with Crippen LogP contribution in [0.4, 0.5) is 0 Å². The fraction of sp³-hybridized carbons (Fsp3) is 0.375. The van der Waals surface area contributed by atoms with Gasteiger partial charge in [0, 0.05) is 18.3 Å². The molecule has 0 aliphatic heterocycles. The van der Waals surface area contributed by atoms with Crippen LogP contribution in [0, 0.1) is 0 Å². The van der Waals surface area contributed by atoms with Gasteiger partial charge in [-0.1, -0.05) is 6.07 Å². The Morgan fingerprint density at radius 3 is 2.47 bits per heavy atom. The van der Waals surface area contributed by atoms with Crippen LogP contribution in [0.25, 0.3) is 0 Å². The summed E-state index contributed by atoms with van der Waals surface area (Å²) in [6.07, 6.45) is -0.341. The molecule has 3 unspecified atom stereocenters. The Bertz CT molecular complexity index is 433. The molecule has 1 aromatic rings. The van der Waals surface area contributed by atoms with Crippen LogP contribution in [0.3, 0.4) is 0 Å². The predicted molar refractivity (Wildman–Crippen MR) is 61.0 cm³/mol. The quantitative estimate of drug-likeness (QED) is 0.557. The molecule has 0 fully saturated rings. The number of aromatic nitrogens is 1. The predicted octanol–water partition coefficient (Wildman–Crippen LogP) is -0.0442. The summed E-state index contributed by atoms with van der Waals surface area (Å²) in [7, 11) is -8.36. The van der Waals surface area contributed by atoms with Crippen molar-refractivity contribution in [1.29, 1.82) is 0 Å². The Balaban J connectivity index is 2.84. The minimum atomic E-state index is -4.82. The highest BCUT2D eigenvalue weighted by Crippen LogP contribution is 2.53. The number of rotatable bonds is 5. The van der Waals surface area contributed by atoms with Gasteiger partial charge in [-0.25, -0.2) is 0 Å². The van der Waals surface area contributed by atoms with Crippen molar-refractivity contribution in [3.63, 3.8) is 0 Å². The van der Waals surface area contributed by atoms with Crippen molar-refractivity contribution >= 4 is 15.6 Å². The first-order valence-corrected chi connectivity index (χ1v) is 7.80. The SMILES string of the molecule is O=[PH](O)C(C(O)Cc1ccccn1)P(=O)(O)O. The molecule has 3 atom stereocenters. The number of pyridine rings is 1. The van der Waals surface area contributed by atoms with Gasteiger partial charge >= 0.3 is 7.60 Å². The molecular formula is C8H13NO6P2. The maximum absolute atomic E-state index is 11.0. The van der Waals surface area contributed by atoms with Gasteiger partial charge in [0.25, 0.3) is 0 Å². The van der Waals surface area contributed by atoms with Gasteiger partial charge in [0.15, 0.2) is 5.40 Å². The second-order valence-electron chi connectivity index (χ2n) is 3.46. The summed E-state index contributed by atoms with van der Waals surface area (Å²) in [5.41, 5.74) is 0.390. The van der Waals surface area contributed by atoms with Crippen molar-refractivity contribution in [2.75, 3.05) is 0 Å². The fourth-order valence-corrected chi connectivity index (χ4v) is 3.53. The van der Waals surface area contributed by atoms with E-state index in [0.29, 0.717) is 5.69 Å². The van der Waals surface area contributed by atoms with Gasteiger partial charge in [-0.05, 0) is 12.1 Å². The van der Waals surface area contributed by atoms with E-state index in [4.69, 9.17) is 14.7 Å². The van der Waals surface area contributed by atoms with Crippen molar-refractivity contribution in [1.82, 2.24) is 4.98 Å². The van der Waals surface area contributed by atoms with Gasteiger partial charge in [0.1, 0.15) is 0 Å². The molecule has 0 aliphatic rings. The largest absolute Gasteiger partial charge is 0.391 e. The van der Waals surface area contributed by atoms with Crippen LogP contribution in [-0.2, 0) is 15.6 Å². The minimum Gasteiger partial charge on any atom is -0.391 e. The highest BCUT2D eigenvalue weighted by molar-refractivity contribution is 7.65. The Labute approximate surface area is 98.2 Å². The molecule has 9 heteroatoms. The normalized spacial score (nSPS) is 17.4. The van der Waals surface area contributed by atoms with Crippen molar-refractivity contribution in [3.8, 4) is 0 Å². The van der Waals surface area contributed by atoms with E-state index >= 15 is 0 Å². The van der Waals surface area contributed by atoms with Gasteiger partial charge in [-0.3, -0.25) is 14.1 Å². The second kappa shape index (κ2) is 5.87. The van der Waals surface area contributed by atoms with E-state index in [1.54, 1.807) is 18.2 Å². The van der Waals surface area contributed by atoms with E-state index in [1.165, 1.54) is 6.20 Å². The summed E-state index contributed by atoms with van der Waals surface area (Å²) in [5.74, 6) is 0. The first-order valence-electron chi connectivity index (χ1n) is 4.68. The summed E-state index contributed by atoms with van der Waals surface area (Å²) >= 11 is 0. The van der Waals surface area contributed by atoms with Gasteiger partial charge in [0.05, 0.1) is 6.10 Å². The third kappa shape index (κ3) is 4.32. The molecule has 0 radical (unpaired) electrons. The highest BCUT2D eigenvalue weighted by Gasteiger charge is 2.39. The third-order valence-electron chi connectivity index (χ3n) is 2.12. The van der Waals surface area contributed by atoms with E-state index in [-0.39, 0.29) is 6.42 Å². The number of aliphatic hydroxyl groups excluding tert-OH is 1. The first-order chi connectivity index (χ1) is 7.82. The molecule has 0 saturated heterocycles. The zero-order valence-electron chi connectivity index (χ0n) is 8.67. The summed E-state index contributed by atoms with van der Waals surface area (Å²) in [4.78, 5) is 30.5. The standard InChI is InChI=1S/C8H13NO6P2/c10-7(5-6-3-1-2-4-9-6)8(16(11)12)17(13,14)15/h1-4,7-8,10,16H,5H2,(H,11,12)(H2,13,14,15). The topological polar surface area (TPSA) is 128 Å². The van der Waals surface area contributed by atoms with Gasteiger partial charge in [-0.2, -0.15) is 0 Å². The molecule has 1 heterocycles. The van der Waals surface area contributed by atoms with Crippen molar-refractivity contribution in [2.24, 2.45) is 0 Å². The third-order valence-corrected chi connectivity index (χ3v) is 5.76. The Kier molecular flexibility index (Phi) is 5.01. The molecule has 0 spiro atoms. The zero-order chi connectivity index (χ0) is 13.1. The monoisotopic (exact) mass is 281 g/mol. The van der Waals surface area contributed by atoms with Crippen LogP contribution in [0.5, 0.6) is 0 Å². The molecule has 7 nitrogen and oxygen atoms in total. The molecule has 17 heavy (non-hydrogen) atoms. The molecule has 0 saturated carbocycles. The lowest BCUT2D eigenvalue weighted by Crippen LogP contribution is -2.25. The second-order valence-corrected chi connectivity index (χ2v) is 6.98. The zero-order valence-corrected chi connectivity index (χ0v) is 10.6. The van der Waals surface area contributed by atoms with E-state index in [1.807, 2.05) is 0 Å². The smallest absolute Gasteiger partial charge is 0.340 e. The molecule has 1 aromatic heterocycles. The maximum Gasteiger partial charge on any atom is 0.340 e. The van der Waals surface area contributed by atoms with Crippen molar-refractivity contribution in [3.05, 3.63) is 30.1 Å². The van der Waals surface area contributed by atoms with E-state index < -0.39 is 27.1 Å². The molecule has 0 bridgehead atoms. The van der Waals surface area contributed by atoms with Crippen molar-refractivity contribution in [2.45, 2.75) is 17.9 Å². The number of nitrogens with zero attached hydrogens (tertiary/aromatic N) is 1. The number of hydrogen-bond acceptors (Lipinski definition) is 4. The maximum atomic E-state index is 11.0. The molecule has 0 amide bonds.